The number of hydrogen-bond acceptors (Lipinski definition) is 4. The van der Waals surface area contributed by atoms with Gasteiger partial charge in [0, 0.05) is 22.6 Å². The molecule has 0 unspecified atom stereocenters. The highest BCUT2D eigenvalue weighted by molar-refractivity contribution is 14.1. The maximum atomic E-state index is 12.5. The maximum absolute atomic E-state index is 12.5. The molecule has 0 saturated heterocycles. The van der Waals surface area contributed by atoms with E-state index in [0.29, 0.717) is 6.07 Å². The number of ether oxygens (including phenoxy) is 1. The summed E-state index contributed by atoms with van der Waals surface area (Å²) in [5.41, 5.74) is -0.478. The van der Waals surface area contributed by atoms with E-state index in [0.717, 1.165) is 0 Å². The smallest absolute Gasteiger partial charge is 0.405 e. The average Bonchev–Trinajstić information content (AvgIpc) is 2.14. The summed E-state index contributed by atoms with van der Waals surface area (Å²) >= 11 is 1.39. The van der Waals surface area contributed by atoms with Gasteiger partial charge in [0.05, 0.1) is 11.6 Å². The van der Waals surface area contributed by atoms with Gasteiger partial charge in [-0.15, -0.1) is 13.2 Å². The van der Waals surface area contributed by atoms with Crippen LogP contribution in [0, 0.1) is 13.8 Å². The van der Waals surface area contributed by atoms with Gasteiger partial charge < -0.3 is 14.9 Å². The fraction of sp³-hybridized carbons (Fsp3) is 0.286. The van der Waals surface area contributed by atoms with E-state index in [1.54, 1.807) is 0 Å². The fourth-order valence-electron chi connectivity index (χ4n) is 0.937. The summed E-state index contributed by atoms with van der Waals surface area (Å²) in [7, 11) is 0. The van der Waals surface area contributed by atoms with Crippen molar-refractivity contribution in [1.82, 2.24) is 4.98 Å². The molecule has 0 fully saturated rings. The van der Waals surface area contributed by atoms with Crippen molar-refractivity contribution in [2.45, 2.75) is 13.0 Å². The average molecular weight is 366 g/mol. The molecule has 0 radical (unpaired) electrons. The Morgan fingerprint density at radius 1 is 1.53 bits per heavy atom. The molecular weight excluding hydrogens is 363 g/mol. The van der Waals surface area contributed by atoms with Gasteiger partial charge in [-0.3, -0.25) is 0 Å². The Bertz CT molecular complexity index is 451. The van der Waals surface area contributed by atoms with Gasteiger partial charge in [-0.2, -0.15) is 0 Å². The van der Waals surface area contributed by atoms with Gasteiger partial charge in [0.1, 0.15) is 12.4 Å². The zero-order valence-electron chi connectivity index (χ0n) is 7.79. The Kier molecular flexibility index (Phi) is 4.06. The second kappa shape index (κ2) is 4.98. The first kappa shape index (κ1) is 13.9. The van der Waals surface area contributed by atoms with Crippen LogP contribution in [0.1, 0.15) is 5.56 Å². The third-order valence-electron chi connectivity index (χ3n) is 1.57. The number of rotatable bonds is 3. The molecule has 0 bridgehead atoms. The van der Waals surface area contributed by atoms with Crippen LogP contribution < -0.4 is 4.74 Å². The second-order valence-corrected chi connectivity index (χ2v) is 3.71. The van der Waals surface area contributed by atoms with E-state index < -0.39 is 35.1 Å². The molecule has 0 aliphatic rings. The van der Waals surface area contributed by atoms with Crippen molar-refractivity contribution >= 4 is 28.4 Å². The predicted octanol–water partition coefficient (Wildman–Crippen LogP) is 2.96. The maximum Gasteiger partial charge on any atom is 0.573 e. The molecule has 0 spiro atoms. The van der Waals surface area contributed by atoms with Gasteiger partial charge in [0.15, 0.2) is 0 Å². The number of alkyl halides is 4. The summed E-state index contributed by atoms with van der Waals surface area (Å²) in [6.45, 7) is -1.27. The lowest BCUT2D eigenvalue weighted by molar-refractivity contribution is -0.389. The lowest BCUT2D eigenvalue weighted by Crippen LogP contribution is -2.18. The summed E-state index contributed by atoms with van der Waals surface area (Å²) < 4.78 is 51.7. The Morgan fingerprint density at radius 3 is 2.53 bits per heavy atom. The molecule has 17 heavy (non-hydrogen) atoms. The van der Waals surface area contributed by atoms with Crippen LogP contribution in [0.5, 0.6) is 5.75 Å². The lowest BCUT2D eigenvalue weighted by Gasteiger charge is -2.11. The van der Waals surface area contributed by atoms with Crippen molar-refractivity contribution in [1.29, 1.82) is 0 Å². The summed E-state index contributed by atoms with van der Waals surface area (Å²) in [6.07, 6.45) is -5.05. The molecule has 0 N–H and O–H groups in total. The van der Waals surface area contributed by atoms with Crippen molar-refractivity contribution in [3.8, 4) is 5.75 Å². The van der Waals surface area contributed by atoms with Crippen molar-refractivity contribution in [2.75, 3.05) is 0 Å². The van der Waals surface area contributed by atoms with E-state index in [2.05, 4.69) is 9.72 Å². The molecule has 0 aromatic carbocycles. The second-order valence-electron chi connectivity index (χ2n) is 2.69. The van der Waals surface area contributed by atoms with E-state index >= 15 is 0 Å². The minimum atomic E-state index is -5.05. The Labute approximate surface area is 105 Å². The van der Waals surface area contributed by atoms with Crippen LogP contribution in [0.2, 0.25) is 0 Å². The number of hydrogen-bond donors (Lipinski definition) is 0. The van der Waals surface area contributed by atoms with Gasteiger partial charge >= 0.3 is 12.2 Å². The molecule has 0 atom stereocenters. The van der Waals surface area contributed by atoms with Crippen LogP contribution >= 0.6 is 22.6 Å². The summed E-state index contributed by atoms with van der Waals surface area (Å²) in [5.74, 6) is -1.79. The fourth-order valence-corrected chi connectivity index (χ4v) is 1.59. The third-order valence-corrected chi connectivity index (χ3v) is 2.46. The molecule has 1 aromatic rings. The highest BCUT2D eigenvalue weighted by Crippen LogP contribution is 2.32. The van der Waals surface area contributed by atoms with Crippen LogP contribution in [0.25, 0.3) is 0 Å². The number of nitrogens with zero attached hydrogens (tertiary/aromatic N) is 2. The minimum absolute atomic E-state index is 0.251. The van der Waals surface area contributed by atoms with Crippen molar-refractivity contribution in [3.63, 3.8) is 0 Å². The molecular formula is C7H3F4IN2O3. The van der Waals surface area contributed by atoms with E-state index in [9.17, 15) is 27.7 Å². The van der Waals surface area contributed by atoms with Gasteiger partial charge in [0.25, 0.3) is 0 Å². The predicted molar refractivity (Wildman–Crippen MR) is 55.1 cm³/mol. The number of aromatic nitrogens is 1. The molecule has 5 nitrogen and oxygen atoms in total. The molecule has 0 aliphatic carbocycles. The van der Waals surface area contributed by atoms with Crippen molar-refractivity contribution in [3.05, 3.63) is 25.4 Å². The van der Waals surface area contributed by atoms with E-state index in [-0.39, 0.29) is 3.70 Å². The van der Waals surface area contributed by atoms with Crippen molar-refractivity contribution < 1.29 is 27.2 Å². The Morgan fingerprint density at radius 2 is 2.12 bits per heavy atom. The van der Waals surface area contributed by atoms with Crippen molar-refractivity contribution in [2.24, 2.45) is 0 Å². The topological polar surface area (TPSA) is 65.3 Å². The van der Waals surface area contributed by atoms with E-state index in [4.69, 9.17) is 0 Å². The Balaban J connectivity index is 3.29. The number of nitro groups is 1. The van der Waals surface area contributed by atoms with Crippen LogP contribution in [-0.4, -0.2) is 16.3 Å². The molecule has 0 saturated carbocycles. The van der Waals surface area contributed by atoms with Crippen LogP contribution in [-0.2, 0) is 6.67 Å². The molecule has 1 aromatic heterocycles. The van der Waals surface area contributed by atoms with Crippen LogP contribution in [0.3, 0.4) is 0 Å². The highest BCUT2D eigenvalue weighted by Gasteiger charge is 2.34. The number of halogens is 5. The van der Waals surface area contributed by atoms with Gasteiger partial charge in [0.2, 0.25) is 3.70 Å². The normalized spacial score (nSPS) is 11.4. The lowest BCUT2D eigenvalue weighted by atomic mass is 10.3. The van der Waals surface area contributed by atoms with Gasteiger partial charge in [-0.1, -0.05) is 0 Å². The highest BCUT2D eigenvalue weighted by atomic mass is 127. The molecule has 1 rings (SSSR count). The van der Waals surface area contributed by atoms with E-state index in [1.807, 2.05) is 0 Å². The summed E-state index contributed by atoms with van der Waals surface area (Å²) in [4.78, 5) is 12.7. The third kappa shape index (κ3) is 3.64. The SMILES string of the molecule is O=[N+]([O-])c1cc(OC(F)(F)F)c(CF)c(I)n1. The monoisotopic (exact) mass is 366 g/mol. The summed E-state index contributed by atoms with van der Waals surface area (Å²) in [5, 5.41) is 10.4. The molecule has 1 heterocycles. The molecule has 94 valence electrons. The zero-order valence-corrected chi connectivity index (χ0v) is 9.95. The first-order chi connectivity index (χ1) is 7.74. The molecule has 0 aliphatic heterocycles. The standard InChI is InChI=1S/C7H3F4IN2O3/c8-2-3-4(17-7(9,10)11)1-5(14(15)16)13-6(3)12/h1H,2H2. The summed E-state index contributed by atoms with van der Waals surface area (Å²) in [6, 6.07) is 0.435. The number of pyridine rings is 1. The van der Waals surface area contributed by atoms with Crippen LogP contribution in [0.15, 0.2) is 6.07 Å². The largest absolute Gasteiger partial charge is 0.573 e. The Hall–Kier alpha value is -1.20. The first-order valence-corrected chi connectivity index (χ1v) is 4.98. The zero-order chi connectivity index (χ0) is 13.2. The van der Waals surface area contributed by atoms with E-state index in [1.165, 1.54) is 22.6 Å². The quantitative estimate of drug-likeness (QED) is 0.271. The molecule has 0 amide bonds. The first-order valence-electron chi connectivity index (χ1n) is 3.90. The minimum Gasteiger partial charge on any atom is -0.405 e. The molecule has 10 heteroatoms. The van der Waals surface area contributed by atoms with Gasteiger partial charge in [-0.05, 0) is 9.91 Å². The van der Waals surface area contributed by atoms with Gasteiger partial charge in [-0.25, -0.2) is 4.39 Å². The van der Waals surface area contributed by atoms with Crippen LogP contribution in [0.4, 0.5) is 23.4 Å².